The second-order valence-corrected chi connectivity index (χ2v) is 7.95. The number of nitrogens with two attached hydrogens (primary N) is 1. The summed E-state index contributed by atoms with van der Waals surface area (Å²) in [6.45, 7) is -0.0181. The Kier molecular flexibility index (Phi) is 6.28. The van der Waals surface area contributed by atoms with Crippen LogP contribution in [0.1, 0.15) is 51.9 Å². The number of nitrogen functional groups attached to an aromatic ring is 1. The molecule has 0 atom stereocenters. The smallest absolute Gasteiger partial charge is 0.417 e. The fraction of sp³-hybridized carbons (Fsp3) is 0.200. The lowest BCUT2D eigenvalue weighted by molar-refractivity contribution is -0.137. The molecule has 34 heavy (non-hydrogen) atoms. The molecule has 1 aliphatic rings. The van der Waals surface area contributed by atoms with Crippen molar-refractivity contribution >= 4 is 22.8 Å². The summed E-state index contributed by atoms with van der Waals surface area (Å²) in [5.41, 5.74) is 7.82. The molecule has 2 aromatic carbocycles. The third kappa shape index (κ3) is 5.03. The van der Waals surface area contributed by atoms with Crippen LogP contribution in [0.5, 0.6) is 5.88 Å². The number of nitrogens with zero attached hydrogens (tertiary/aromatic N) is 1. The molecule has 0 saturated heterocycles. The Hall–Kier alpha value is -3.88. The molecular weight excluding hydrogens is 452 g/mol. The van der Waals surface area contributed by atoms with Crippen molar-refractivity contribution in [1.82, 2.24) is 4.98 Å². The largest absolute Gasteiger partial charge is 0.478 e. The van der Waals surface area contributed by atoms with Crippen molar-refractivity contribution in [3.63, 3.8) is 0 Å². The number of hydrogen-bond donors (Lipinski definition) is 2. The predicted octanol–water partition coefficient (Wildman–Crippen LogP) is 6.19. The number of allylic oxidation sites excluding steroid dienone is 2. The van der Waals surface area contributed by atoms with Gasteiger partial charge in [-0.05, 0) is 77.9 Å². The fourth-order valence-corrected chi connectivity index (χ4v) is 3.98. The van der Waals surface area contributed by atoms with Crippen LogP contribution >= 0.6 is 0 Å². The topological polar surface area (TPSA) is 85.4 Å². The number of carboxylic acid groups (broad SMARTS) is 1. The average molecular weight is 472 g/mol. The molecule has 5 nitrogen and oxygen atoms in total. The van der Waals surface area contributed by atoms with E-state index < -0.39 is 23.5 Å². The van der Waals surface area contributed by atoms with E-state index in [1.807, 2.05) is 0 Å². The molecule has 0 radical (unpaired) electrons. The molecule has 3 N–H and O–H groups in total. The summed E-state index contributed by atoms with van der Waals surface area (Å²) in [4.78, 5) is 15.4. The van der Waals surface area contributed by atoms with Crippen molar-refractivity contribution in [2.45, 2.75) is 32.0 Å². The number of ether oxygens (including phenoxy) is 1. The first kappa shape index (κ1) is 23.3. The number of anilines is 1. The van der Waals surface area contributed by atoms with Gasteiger partial charge in [-0.1, -0.05) is 12.1 Å². The van der Waals surface area contributed by atoms with Crippen LogP contribution < -0.4 is 10.5 Å². The van der Waals surface area contributed by atoms with Gasteiger partial charge in [-0.3, -0.25) is 0 Å². The Labute approximate surface area is 192 Å². The van der Waals surface area contributed by atoms with Crippen molar-refractivity contribution in [2.75, 3.05) is 5.73 Å². The van der Waals surface area contributed by atoms with E-state index in [1.54, 1.807) is 6.07 Å². The molecule has 1 aliphatic carbocycles. The van der Waals surface area contributed by atoms with Gasteiger partial charge in [-0.15, -0.1) is 0 Å². The number of benzene rings is 2. The van der Waals surface area contributed by atoms with Gasteiger partial charge in [0.25, 0.3) is 0 Å². The minimum absolute atomic E-state index is 0.00841. The van der Waals surface area contributed by atoms with E-state index in [1.165, 1.54) is 36.4 Å². The number of carboxylic acids is 1. The van der Waals surface area contributed by atoms with Crippen molar-refractivity contribution in [3.05, 3.63) is 88.4 Å². The highest BCUT2D eigenvalue weighted by Crippen LogP contribution is 2.44. The number of carbonyl (C=O) groups is 1. The summed E-state index contributed by atoms with van der Waals surface area (Å²) in [6.07, 6.45) is -2.24. The van der Waals surface area contributed by atoms with Crippen molar-refractivity contribution < 1.29 is 32.2 Å². The summed E-state index contributed by atoms with van der Waals surface area (Å²) in [5, 5.41) is 9.37. The van der Waals surface area contributed by atoms with Gasteiger partial charge < -0.3 is 15.6 Å². The number of aromatic nitrogens is 1. The van der Waals surface area contributed by atoms with E-state index in [2.05, 4.69) is 4.98 Å². The van der Waals surface area contributed by atoms with Crippen molar-refractivity contribution in [2.24, 2.45) is 0 Å². The first-order chi connectivity index (χ1) is 16.1. The molecule has 1 aromatic heterocycles. The summed E-state index contributed by atoms with van der Waals surface area (Å²) >= 11 is 0. The van der Waals surface area contributed by atoms with Crippen molar-refractivity contribution in [3.8, 4) is 5.88 Å². The average Bonchev–Trinajstić information content (AvgIpc) is 3.27. The van der Waals surface area contributed by atoms with E-state index in [0.29, 0.717) is 47.7 Å². The number of hydrogen-bond acceptors (Lipinski definition) is 4. The van der Waals surface area contributed by atoms with E-state index in [0.717, 1.165) is 6.07 Å². The van der Waals surface area contributed by atoms with E-state index in [-0.39, 0.29) is 29.3 Å². The molecule has 4 rings (SSSR count). The zero-order valence-electron chi connectivity index (χ0n) is 17.8. The number of rotatable bonds is 6. The molecule has 0 fully saturated rings. The first-order valence-corrected chi connectivity index (χ1v) is 10.4. The lowest BCUT2D eigenvalue weighted by Gasteiger charge is -2.16. The van der Waals surface area contributed by atoms with Gasteiger partial charge in [-0.25, -0.2) is 14.2 Å². The Morgan fingerprint density at radius 1 is 1.06 bits per heavy atom. The van der Waals surface area contributed by atoms with Crippen LogP contribution in [0.4, 0.5) is 23.2 Å². The van der Waals surface area contributed by atoms with Gasteiger partial charge in [0.15, 0.2) is 0 Å². The molecule has 1 heterocycles. The zero-order chi connectivity index (χ0) is 24.5. The summed E-state index contributed by atoms with van der Waals surface area (Å²) in [5.74, 6) is -1.56. The SMILES string of the molecule is Nc1cc(C(=O)O)cc(C2=C(c3cc(C(F)(F)F)cnc3OCc3ccc(F)cc3)CCC2)c1. The number of alkyl halides is 3. The molecule has 9 heteroatoms. The first-order valence-electron chi connectivity index (χ1n) is 10.4. The van der Waals surface area contributed by atoms with Crippen LogP contribution in [-0.2, 0) is 12.8 Å². The van der Waals surface area contributed by atoms with Gasteiger partial charge in [0.05, 0.1) is 11.1 Å². The maximum absolute atomic E-state index is 13.5. The Balaban J connectivity index is 1.80. The molecule has 0 amide bonds. The second-order valence-electron chi connectivity index (χ2n) is 7.95. The normalized spacial score (nSPS) is 13.9. The highest BCUT2D eigenvalue weighted by atomic mass is 19.4. The third-order valence-corrected chi connectivity index (χ3v) is 5.56. The summed E-state index contributed by atoms with van der Waals surface area (Å²) < 4.78 is 59.4. The highest BCUT2D eigenvalue weighted by Gasteiger charge is 2.33. The van der Waals surface area contributed by atoms with Gasteiger partial charge in [0.2, 0.25) is 5.88 Å². The fourth-order valence-electron chi connectivity index (χ4n) is 3.98. The second kappa shape index (κ2) is 9.17. The predicted molar refractivity (Wildman–Crippen MR) is 118 cm³/mol. The molecule has 0 spiro atoms. The molecule has 0 unspecified atom stereocenters. The van der Waals surface area contributed by atoms with Crippen LogP contribution in [0.2, 0.25) is 0 Å². The molecule has 0 aliphatic heterocycles. The number of pyridine rings is 1. The highest BCUT2D eigenvalue weighted by molar-refractivity contribution is 5.97. The third-order valence-electron chi connectivity index (χ3n) is 5.56. The Morgan fingerprint density at radius 2 is 1.76 bits per heavy atom. The van der Waals surface area contributed by atoms with Gasteiger partial charge in [0.1, 0.15) is 12.4 Å². The summed E-state index contributed by atoms with van der Waals surface area (Å²) in [6, 6.07) is 10.9. The minimum atomic E-state index is -4.61. The van der Waals surface area contributed by atoms with Crippen LogP contribution in [-0.4, -0.2) is 16.1 Å². The Morgan fingerprint density at radius 3 is 2.44 bits per heavy atom. The van der Waals surface area contributed by atoms with Gasteiger partial charge in [0, 0.05) is 17.4 Å². The lowest BCUT2D eigenvalue weighted by Crippen LogP contribution is -2.09. The van der Waals surface area contributed by atoms with Gasteiger partial charge >= 0.3 is 12.1 Å². The number of aromatic carboxylic acids is 1. The maximum Gasteiger partial charge on any atom is 0.417 e. The van der Waals surface area contributed by atoms with Crippen LogP contribution in [0, 0.1) is 5.82 Å². The van der Waals surface area contributed by atoms with E-state index in [9.17, 15) is 27.5 Å². The molecule has 0 bridgehead atoms. The summed E-state index contributed by atoms with van der Waals surface area (Å²) in [7, 11) is 0. The minimum Gasteiger partial charge on any atom is -0.478 e. The van der Waals surface area contributed by atoms with Crippen LogP contribution in [0.25, 0.3) is 11.1 Å². The molecule has 3 aromatic rings. The molecule has 176 valence electrons. The molecular formula is C25H20F4N2O3. The van der Waals surface area contributed by atoms with Crippen LogP contribution in [0.3, 0.4) is 0 Å². The monoisotopic (exact) mass is 472 g/mol. The van der Waals surface area contributed by atoms with E-state index in [4.69, 9.17) is 10.5 Å². The van der Waals surface area contributed by atoms with Crippen LogP contribution in [0.15, 0.2) is 54.7 Å². The Bertz CT molecular complexity index is 1270. The van der Waals surface area contributed by atoms with E-state index >= 15 is 0 Å². The zero-order valence-corrected chi connectivity index (χ0v) is 17.8. The lowest BCUT2D eigenvalue weighted by atomic mass is 9.95. The van der Waals surface area contributed by atoms with Gasteiger partial charge in [-0.2, -0.15) is 13.2 Å². The standard InChI is InChI=1S/C25H20F4N2O3/c26-18-6-4-14(5-7-18)13-34-23-22(11-17(12-31-23)25(27,28)29)21-3-1-2-20(21)15-8-16(24(32)33)10-19(30)9-15/h4-12H,1-3,13,30H2,(H,32,33). The number of halogens is 4. The molecule has 0 saturated carbocycles. The van der Waals surface area contributed by atoms with Crippen molar-refractivity contribution in [1.29, 1.82) is 0 Å². The maximum atomic E-state index is 13.5. The quantitative estimate of drug-likeness (QED) is 0.330.